The lowest BCUT2D eigenvalue weighted by Crippen LogP contribution is -2.69. The molecule has 16 N–H and O–H groups in total. The van der Waals surface area contributed by atoms with Crippen molar-refractivity contribution >= 4 is 5.91 Å². The number of nitrogens with one attached hydrogen (secondary N) is 1. The summed E-state index contributed by atoms with van der Waals surface area (Å²) in [6, 6.07) is -3.33. The molecule has 38 heavy (non-hydrogen) atoms. The molecule has 2 heterocycles. The lowest BCUT2D eigenvalue weighted by molar-refractivity contribution is -0.310. The smallest absolute Gasteiger partial charge is 0.249 e. The van der Waals surface area contributed by atoms with E-state index in [0.717, 1.165) is 0 Å². The van der Waals surface area contributed by atoms with Gasteiger partial charge in [-0.05, 0) is 19.4 Å². The van der Waals surface area contributed by atoms with Crippen LogP contribution >= 0.6 is 0 Å². The van der Waals surface area contributed by atoms with Crippen molar-refractivity contribution in [1.29, 1.82) is 0 Å². The number of hydrogen-bond donors (Lipinski definition) is 12. The van der Waals surface area contributed by atoms with Crippen LogP contribution in [-0.2, 0) is 23.7 Å². The highest BCUT2D eigenvalue weighted by atomic mass is 16.7. The number of amides is 1. The van der Waals surface area contributed by atoms with Crippen molar-refractivity contribution in [2.75, 3.05) is 19.7 Å². The van der Waals surface area contributed by atoms with Gasteiger partial charge < -0.3 is 82.9 Å². The van der Waals surface area contributed by atoms with Crippen molar-refractivity contribution in [2.45, 2.75) is 105 Å². The van der Waals surface area contributed by atoms with Crippen LogP contribution < -0.4 is 28.3 Å². The molecule has 17 heteroatoms. The highest BCUT2D eigenvalue weighted by molar-refractivity contribution is 5.80. The second-order valence-electron chi connectivity index (χ2n) is 9.84. The molecule has 3 fully saturated rings. The second kappa shape index (κ2) is 13.5. The fourth-order valence-corrected chi connectivity index (χ4v) is 4.84. The maximum absolute atomic E-state index is 12.4. The van der Waals surface area contributed by atoms with Crippen molar-refractivity contribution < 1.29 is 59.5 Å². The third kappa shape index (κ3) is 6.60. The van der Waals surface area contributed by atoms with Gasteiger partial charge in [-0.2, -0.15) is 0 Å². The number of ether oxygens (including phenoxy) is 4. The molecule has 5 unspecified atom stereocenters. The minimum absolute atomic E-state index is 0.0239. The van der Waals surface area contributed by atoms with Gasteiger partial charge in [0.25, 0.3) is 0 Å². The molecule has 0 bridgehead atoms. The van der Waals surface area contributed by atoms with Crippen molar-refractivity contribution in [3.63, 3.8) is 0 Å². The van der Waals surface area contributed by atoms with E-state index in [2.05, 4.69) is 5.32 Å². The summed E-state index contributed by atoms with van der Waals surface area (Å²) in [4.78, 5) is 12.4. The predicted molar refractivity (Wildman–Crippen MR) is 125 cm³/mol. The molecule has 0 aromatic heterocycles. The standard InChI is InChI=1S/C21H41N5O12/c22-2-1-8(28)19(34)26-7-3-6(24)17(37-20-11(25)15(32)14(31)10(5-27)36-20)18(12(7)29)38-21-16(33)13(30)9(4-23)35-21/h6-18,20-21,27-33H,1-5,22-25H2,(H,26,34)/t6?,7-,8+,9-,10?,11?,12?,13+,14+,15-,16?,17+,18-,20+,21+/m1/s1. The number of nitrogens with two attached hydrogens (primary N) is 4. The lowest BCUT2D eigenvalue weighted by Gasteiger charge is -2.47. The first-order valence-corrected chi connectivity index (χ1v) is 12.5. The van der Waals surface area contributed by atoms with Crippen LogP contribution in [0.25, 0.3) is 0 Å². The third-order valence-electron chi connectivity index (χ3n) is 7.15. The summed E-state index contributed by atoms with van der Waals surface area (Å²) >= 11 is 0. The van der Waals surface area contributed by atoms with Crippen molar-refractivity contribution in [3.05, 3.63) is 0 Å². The maximum atomic E-state index is 12.4. The maximum Gasteiger partial charge on any atom is 0.249 e. The number of carbonyl (C=O) groups excluding carboxylic acids is 1. The number of rotatable bonds is 10. The summed E-state index contributed by atoms with van der Waals surface area (Å²) < 4.78 is 22.7. The summed E-state index contributed by atoms with van der Waals surface area (Å²) in [5.41, 5.74) is 23.2. The number of aliphatic hydroxyl groups excluding tert-OH is 7. The Morgan fingerprint density at radius 2 is 1.50 bits per heavy atom. The normalized spacial score (nSPS) is 46.6. The Bertz CT molecular complexity index is 770. The molecular weight excluding hydrogens is 514 g/mol. The Morgan fingerprint density at radius 3 is 2.08 bits per heavy atom. The van der Waals surface area contributed by atoms with Gasteiger partial charge in [-0.3, -0.25) is 4.79 Å². The first-order valence-electron chi connectivity index (χ1n) is 12.5. The fraction of sp³-hybridized carbons (Fsp3) is 0.952. The molecule has 2 aliphatic heterocycles. The Labute approximate surface area is 218 Å². The zero-order valence-corrected chi connectivity index (χ0v) is 20.7. The van der Waals surface area contributed by atoms with E-state index in [1.807, 2.05) is 0 Å². The van der Waals surface area contributed by atoms with Gasteiger partial charge in [-0.15, -0.1) is 0 Å². The third-order valence-corrected chi connectivity index (χ3v) is 7.15. The number of aliphatic hydroxyl groups is 7. The van der Waals surface area contributed by atoms with Gasteiger partial charge in [-0.1, -0.05) is 0 Å². The van der Waals surface area contributed by atoms with E-state index in [1.54, 1.807) is 0 Å². The topological polar surface area (TPSA) is 312 Å². The van der Waals surface area contributed by atoms with Crippen LogP contribution in [0.1, 0.15) is 12.8 Å². The van der Waals surface area contributed by atoms with Gasteiger partial charge in [0.1, 0.15) is 61.0 Å². The lowest BCUT2D eigenvalue weighted by atomic mass is 9.83. The molecule has 1 saturated carbocycles. The van der Waals surface area contributed by atoms with E-state index in [-0.39, 0.29) is 25.9 Å². The van der Waals surface area contributed by atoms with E-state index in [9.17, 15) is 40.5 Å². The van der Waals surface area contributed by atoms with Crippen LogP contribution in [0.2, 0.25) is 0 Å². The molecule has 0 aromatic carbocycles. The highest BCUT2D eigenvalue weighted by Gasteiger charge is 2.52. The Kier molecular flexibility index (Phi) is 11.1. The van der Waals surface area contributed by atoms with Crippen LogP contribution in [0.4, 0.5) is 0 Å². The van der Waals surface area contributed by atoms with E-state index >= 15 is 0 Å². The second-order valence-corrected chi connectivity index (χ2v) is 9.84. The number of hydrogen-bond acceptors (Lipinski definition) is 16. The Morgan fingerprint density at radius 1 is 0.895 bits per heavy atom. The molecule has 0 spiro atoms. The van der Waals surface area contributed by atoms with Crippen LogP contribution in [0.15, 0.2) is 0 Å². The first kappa shape index (κ1) is 31.4. The van der Waals surface area contributed by atoms with Gasteiger partial charge in [0.2, 0.25) is 5.91 Å². The summed E-state index contributed by atoms with van der Waals surface area (Å²) in [6.07, 6.45) is -16.9. The van der Waals surface area contributed by atoms with Gasteiger partial charge in [0, 0.05) is 12.6 Å². The molecule has 3 rings (SSSR count). The largest absolute Gasteiger partial charge is 0.394 e. The van der Waals surface area contributed by atoms with Crippen molar-refractivity contribution in [3.8, 4) is 0 Å². The molecule has 0 aromatic rings. The summed E-state index contributed by atoms with van der Waals surface area (Å²) in [6.45, 7) is -0.763. The average molecular weight is 556 g/mol. The van der Waals surface area contributed by atoms with Gasteiger partial charge >= 0.3 is 0 Å². The van der Waals surface area contributed by atoms with Crippen LogP contribution in [-0.4, -0.2) is 153 Å². The van der Waals surface area contributed by atoms with Gasteiger partial charge in [0.15, 0.2) is 12.6 Å². The van der Waals surface area contributed by atoms with Crippen LogP contribution in [0, 0.1) is 0 Å². The van der Waals surface area contributed by atoms with E-state index in [0.29, 0.717) is 0 Å². The summed E-state index contributed by atoms with van der Waals surface area (Å²) in [5.74, 6) is -0.805. The Hall–Kier alpha value is -1.13. The zero-order chi connectivity index (χ0) is 28.3. The van der Waals surface area contributed by atoms with Crippen LogP contribution in [0.5, 0.6) is 0 Å². The minimum Gasteiger partial charge on any atom is -0.394 e. The van der Waals surface area contributed by atoms with E-state index in [1.165, 1.54) is 0 Å². The quantitative estimate of drug-likeness (QED) is 0.119. The molecule has 1 aliphatic carbocycles. The SMILES string of the molecule is NCC[C@H](O)C(=O)N[C@@H]1CC(N)[C@H](O[C@@H]2OC(CO)[C@H](O)[C@H](O)C2N)[C@H](O[C@@H]2O[C@H](CN)[C@H](O)C2O)C1O. The van der Waals surface area contributed by atoms with Gasteiger partial charge in [0.05, 0.1) is 18.7 Å². The van der Waals surface area contributed by atoms with E-state index in [4.69, 9.17) is 41.9 Å². The number of carbonyl (C=O) groups is 1. The molecule has 1 amide bonds. The zero-order valence-electron chi connectivity index (χ0n) is 20.7. The molecule has 222 valence electrons. The van der Waals surface area contributed by atoms with Gasteiger partial charge in [-0.25, -0.2) is 0 Å². The highest BCUT2D eigenvalue weighted by Crippen LogP contribution is 2.32. The molecule has 17 nitrogen and oxygen atoms in total. The molecule has 2 saturated heterocycles. The monoisotopic (exact) mass is 555 g/mol. The summed E-state index contributed by atoms with van der Waals surface area (Å²) in [5, 5.41) is 74.1. The molecule has 3 aliphatic rings. The van der Waals surface area contributed by atoms with Crippen LogP contribution in [0.3, 0.4) is 0 Å². The van der Waals surface area contributed by atoms with Crippen molar-refractivity contribution in [2.24, 2.45) is 22.9 Å². The first-order chi connectivity index (χ1) is 17.9. The summed E-state index contributed by atoms with van der Waals surface area (Å²) in [7, 11) is 0. The molecule has 15 atom stereocenters. The van der Waals surface area contributed by atoms with Crippen molar-refractivity contribution in [1.82, 2.24) is 5.32 Å². The molecular formula is C21H41N5O12. The minimum atomic E-state index is -1.56. The average Bonchev–Trinajstić information content (AvgIpc) is 3.16. The fourth-order valence-electron chi connectivity index (χ4n) is 4.84. The molecule has 0 radical (unpaired) electrons. The Balaban J connectivity index is 1.84. The van der Waals surface area contributed by atoms with E-state index < -0.39 is 104 Å². The predicted octanol–water partition coefficient (Wildman–Crippen LogP) is -7.79.